The van der Waals surface area contributed by atoms with Gasteiger partial charge in [-0.2, -0.15) is 5.10 Å². The lowest BCUT2D eigenvalue weighted by Crippen LogP contribution is -2.27. The summed E-state index contributed by atoms with van der Waals surface area (Å²) in [6.07, 6.45) is 0. The van der Waals surface area contributed by atoms with Crippen LogP contribution in [-0.4, -0.2) is 27.7 Å². The number of anilines is 1. The number of aryl methyl sites for hydroxylation is 3. The van der Waals surface area contributed by atoms with Crippen LogP contribution in [-0.2, 0) is 11.8 Å². The monoisotopic (exact) mass is 349 g/mol. The van der Waals surface area contributed by atoms with Gasteiger partial charge in [0.05, 0.1) is 17.6 Å². The van der Waals surface area contributed by atoms with Crippen LogP contribution in [0, 0.1) is 13.8 Å². The molecule has 0 saturated heterocycles. The maximum Gasteiger partial charge on any atom is 0.259 e. The van der Waals surface area contributed by atoms with Gasteiger partial charge in [0.1, 0.15) is 5.71 Å². The third-order valence-electron chi connectivity index (χ3n) is 4.28. The Morgan fingerprint density at radius 1 is 1.19 bits per heavy atom. The average Bonchev–Trinajstić information content (AvgIpc) is 2.96. The van der Waals surface area contributed by atoms with Gasteiger partial charge in [-0.05, 0) is 44.5 Å². The van der Waals surface area contributed by atoms with Crippen LogP contribution in [0.25, 0.3) is 11.0 Å². The number of nitrogens with zero attached hydrogens (tertiary/aromatic N) is 3. The normalized spacial score (nSPS) is 11.6. The van der Waals surface area contributed by atoms with Crippen molar-refractivity contribution in [2.75, 3.05) is 11.9 Å². The maximum absolute atomic E-state index is 12.1. The van der Waals surface area contributed by atoms with Crippen molar-refractivity contribution in [1.29, 1.82) is 0 Å². The fraction of sp³-hybridized carbons (Fsp3) is 0.250. The van der Waals surface area contributed by atoms with Crippen molar-refractivity contribution in [3.05, 3.63) is 59.4 Å². The summed E-state index contributed by atoms with van der Waals surface area (Å²) in [6.45, 7) is 6.05. The highest BCUT2D eigenvalue weighted by molar-refractivity contribution is 5.99. The molecule has 0 aliphatic carbocycles. The first kappa shape index (κ1) is 17.7. The summed E-state index contributed by atoms with van der Waals surface area (Å²) in [5.74, 6) is 0.525. The molecule has 26 heavy (non-hydrogen) atoms. The molecule has 0 bridgehead atoms. The van der Waals surface area contributed by atoms with Crippen LogP contribution in [0.4, 0.5) is 5.69 Å². The highest BCUT2D eigenvalue weighted by Crippen LogP contribution is 2.16. The Labute approximate surface area is 152 Å². The molecule has 0 spiro atoms. The lowest BCUT2D eigenvalue weighted by atomic mass is 10.1. The van der Waals surface area contributed by atoms with Crippen molar-refractivity contribution in [2.45, 2.75) is 20.8 Å². The predicted molar refractivity (Wildman–Crippen MR) is 105 cm³/mol. The molecule has 1 amide bonds. The number of fused-ring (bicyclic) bond motifs is 1. The second kappa shape index (κ2) is 7.39. The molecule has 3 aromatic rings. The molecule has 134 valence electrons. The van der Waals surface area contributed by atoms with Crippen LogP contribution in [0.3, 0.4) is 0 Å². The fourth-order valence-electron chi connectivity index (χ4n) is 2.89. The number of amides is 1. The topological polar surface area (TPSA) is 71.3 Å². The number of carbonyl (C=O) groups is 1. The molecule has 2 N–H and O–H groups in total. The number of imidazole rings is 1. The van der Waals surface area contributed by atoms with Crippen LogP contribution in [0.1, 0.15) is 23.9 Å². The summed E-state index contributed by atoms with van der Waals surface area (Å²) >= 11 is 0. The standard InChI is InChI=1S/C20H23N5O/c1-13-9-10-16(14(2)11-13)21-12-19(26)24-23-15(3)20-22-17-7-5-6-8-18(17)25(20)4/h5-11,21H,12H2,1-4H3,(H,24,26). The molecule has 0 aliphatic heterocycles. The maximum atomic E-state index is 12.1. The number of para-hydroxylation sites is 2. The molecule has 0 radical (unpaired) electrons. The Morgan fingerprint density at radius 2 is 1.96 bits per heavy atom. The van der Waals surface area contributed by atoms with Gasteiger partial charge in [-0.3, -0.25) is 4.79 Å². The van der Waals surface area contributed by atoms with E-state index in [1.54, 1.807) is 0 Å². The van der Waals surface area contributed by atoms with E-state index in [2.05, 4.69) is 26.9 Å². The molecule has 6 nitrogen and oxygen atoms in total. The van der Waals surface area contributed by atoms with Gasteiger partial charge in [0.25, 0.3) is 5.91 Å². The van der Waals surface area contributed by atoms with Gasteiger partial charge in [-0.1, -0.05) is 29.8 Å². The van der Waals surface area contributed by atoms with Crippen LogP contribution < -0.4 is 10.7 Å². The smallest absolute Gasteiger partial charge is 0.259 e. The zero-order valence-electron chi connectivity index (χ0n) is 15.5. The van der Waals surface area contributed by atoms with E-state index in [4.69, 9.17) is 0 Å². The largest absolute Gasteiger partial charge is 0.376 e. The Kier molecular flexibility index (Phi) is 5.02. The van der Waals surface area contributed by atoms with Crippen molar-refractivity contribution in [3.8, 4) is 0 Å². The van der Waals surface area contributed by atoms with Gasteiger partial charge < -0.3 is 9.88 Å². The minimum atomic E-state index is -0.205. The van der Waals surface area contributed by atoms with Gasteiger partial charge in [0.15, 0.2) is 5.82 Å². The number of hydrogen-bond acceptors (Lipinski definition) is 4. The van der Waals surface area contributed by atoms with Gasteiger partial charge in [0.2, 0.25) is 0 Å². The molecule has 1 heterocycles. The van der Waals surface area contributed by atoms with E-state index < -0.39 is 0 Å². The van der Waals surface area contributed by atoms with Crippen molar-refractivity contribution in [1.82, 2.24) is 15.0 Å². The molecule has 0 saturated carbocycles. The van der Waals surface area contributed by atoms with E-state index in [1.807, 2.05) is 68.8 Å². The fourth-order valence-corrected chi connectivity index (χ4v) is 2.89. The molecule has 0 unspecified atom stereocenters. The molecule has 0 aliphatic rings. The Balaban J connectivity index is 1.64. The predicted octanol–water partition coefficient (Wildman–Crippen LogP) is 3.14. The average molecular weight is 349 g/mol. The van der Waals surface area contributed by atoms with E-state index in [1.165, 1.54) is 5.56 Å². The Bertz CT molecular complexity index is 987. The summed E-state index contributed by atoms with van der Waals surface area (Å²) in [6, 6.07) is 14.0. The zero-order valence-corrected chi connectivity index (χ0v) is 15.5. The molecule has 2 aromatic carbocycles. The van der Waals surface area contributed by atoms with Gasteiger partial charge in [-0.25, -0.2) is 10.4 Å². The third-order valence-corrected chi connectivity index (χ3v) is 4.28. The van der Waals surface area contributed by atoms with E-state index in [-0.39, 0.29) is 12.5 Å². The van der Waals surface area contributed by atoms with Gasteiger partial charge in [-0.15, -0.1) is 0 Å². The highest BCUT2D eigenvalue weighted by Gasteiger charge is 2.10. The molecule has 1 aromatic heterocycles. The van der Waals surface area contributed by atoms with Crippen molar-refractivity contribution in [2.24, 2.45) is 12.1 Å². The van der Waals surface area contributed by atoms with E-state index in [9.17, 15) is 4.79 Å². The summed E-state index contributed by atoms with van der Waals surface area (Å²) in [5.41, 5.74) is 8.42. The summed E-state index contributed by atoms with van der Waals surface area (Å²) in [5, 5.41) is 7.33. The second-order valence-corrected chi connectivity index (χ2v) is 6.39. The summed E-state index contributed by atoms with van der Waals surface area (Å²) in [7, 11) is 1.94. The number of rotatable bonds is 5. The molecule has 6 heteroatoms. The number of carbonyl (C=O) groups excluding carboxylic acids is 1. The number of benzene rings is 2. The van der Waals surface area contributed by atoms with Crippen LogP contribution in [0.5, 0.6) is 0 Å². The molecular weight excluding hydrogens is 326 g/mol. The number of hydrazone groups is 1. The van der Waals surface area contributed by atoms with Crippen molar-refractivity contribution < 1.29 is 4.79 Å². The number of aromatic nitrogens is 2. The number of hydrogen-bond donors (Lipinski definition) is 2. The first-order chi connectivity index (χ1) is 12.5. The van der Waals surface area contributed by atoms with Crippen LogP contribution >= 0.6 is 0 Å². The highest BCUT2D eigenvalue weighted by atomic mass is 16.2. The Hall–Kier alpha value is -3.15. The van der Waals surface area contributed by atoms with Crippen LogP contribution in [0.15, 0.2) is 47.6 Å². The van der Waals surface area contributed by atoms with Gasteiger partial charge >= 0.3 is 0 Å². The first-order valence-electron chi connectivity index (χ1n) is 8.52. The summed E-state index contributed by atoms with van der Waals surface area (Å²) < 4.78 is 1.97. The summed E-state index contributed by atoms with van der Waals surface area (Å²) in [4.78, 5) is 16.6. The number of nitrogens with one attached hydrogen (secondary N) is 2. The van der Waals surface area contributed by atoms with Crippen molar-refractivity contribution >= 4 is 28.3 Å². The lowest BCUT2D eigenvalue weighted by Gasteiger charge is -2.09. The van der Waals surface area contributed by atoms with Crippen LogP contribution in [0.2, 0.25) is 0 Å². The van der Waals surface area contributed by atoms with E-state index in [0.717, 1.165) is 28.1 Å². The zero-order chi connectivity index (χ0) is 18.7. The Morgan fingerprint density at radius 3 is 2.69 bits per heavy atom. The van der Waals surface area contributed by atoms with Gasteiger partial charge in [0, 0.05) is 12.7 Å². The van der Waals surface area contributed by atoms with Crippen molar-refractivity contribution in [3.63, 3.8) is 0 Å². The molecule has 3 rings (SSSR count). The second-order valence-electron chi connectivity index (χ2n) is 6.39. The minimum absolute atomic E-state index is 0.156. The quantitative estimate of drug-likeness (QED) is 0.549. The van der Waals surface area contributed by atoms with E-state index >= 15 is 0 Å². The SMILES string of the molecule is CC(=NNC(=O)CNc1ccc(C)cc1C)c1nc2ccccc2n1C. The lowest BCUT2D eigenvalue weighted by molar-refractivity contribution is -0.119. The minimum Gasteiger partial charge on any atom is -0.376 e. The third kappa shape index (κ3) is 3.74. The first-order valence-corrected chi connectivity index (χ1v) is 8.52. The molecule has 0 atom stereocenters. The van der Waals surface area contributed by atoms with E-state index in [0.29, 0.717) is 5.71 Å². The molecule has 0 fully saturated rings. The molecular formula is C20H23N5O.